The summed E-state index contributed by atoms with van der Waals surface area (Å²) in [5.41, 5.74) is 0. The minimum Gasteiger partial charge on any atom is -0.461 e. The van der Waals surface area contributed by atoms with Gasteiger partial charge in [0.1, 0.15) is 0 Å². The van der Waals surface area contributed by atoms with Crippen LogP contribution >= 0.6 is 0 Å². The summed E-state index contributed by atoms with van der Waals surface area (Å²) in [5.74, 6) is 0.526. The second-order valence-corrected chi connectivity index (χ2v) is 12.7. The second-order valence-electron chi connectivity index (χ2n) is 12.7. The maximum absolute atomic E-state index is 5.94. The number of nitrogens with one attached hydrogen (secondary N) is 1. The summed E-state index contributed by atoms with van der Waals surface area (Å²) in [6.45, 7) is 19.1. The van der Waals surface area contributed by atoms with Crippen LogP contribution in [0, 0.1) is 0 Å². The number of unbranched alkanes of at least 4 members (excludes halogenated alkanes) is 15. The Hall–Kier alpha value is -1.71. The average Bonchev–Trinajstić information content (AvgIpc) is 3.02. The lowest BCUT2D eigenvalue weighted by atomic mass is 10.1. The molecule has 0 atom stereocenters. The first-order chi connectivity index (χ1) is 22.4. The first-order valence-corrected chi connectivity index (χ1v) is 19.3. The van der Waals surface area contributed by atoms with Gasteiger partial charge in [-0.2, -0.15) is 15.0 Å². The van der Waals surface area contributed by atoms with Crippen LogP contribution in [0.25, 0.3) is 0 Å². The van der Waals surface area contributed by atoms with Gasteiger partial charge < -0.3 is 29.2 Å². The molecule has 0 aliphatic carbocycles. The van der Waals surface area contributed by atoms with Crippen molar-refractivity contribution in [2.24, 2.45) is 0 Å². The molecule has 0 amide bonds. The van der Waals surface area contributed by atoms with Gasteiger partial charge in [0.25, 0.3) is 5.97 Å². The third kappa shape index (κ3) is 20.5. The molecule has 0 aliphatic rings. The largest absolute Gasteiger partial charge is 0.461 e. The van der Waals surface area contributed by atoms with Crippen LogP contribution in [0.2, 0.25) is 0 Å². The highest BCUT2D eigenvalue weighted by Crippen LogP contribution is 2.24. The maximum Gasteiger partial charge on any atom is 0.323 e. The highest BCUT2D eigenvalue weighted by atomic mass is 16.9. The number of hydrogen-bond donors (Lipinski definition) is 1. The molecule has 0 aliphatic heterocycles. The number of ether oxygens (including phenoxy) is 4. The number of anilines is 2. The van der Waals surface area contributed by atoms with Crippen LogP contribution < -0.4 is 15.0 Å². The molecule has 0 aromatic carbocycles. The van der Waals surface area contributed by atoms with E-state index in [2.05, 4.69) is 29.0 Å². The fraction of sp³-hybridized carbons (Fsp3) is 0.919. The monoisotopic (exact) mass is 652 g/mol. The Morgan fingerprint density at radius 3 is 1.54 bits per heavy atom. The number of rotatable bonds is 33. The smallest absolute Gasteiger partial charge is 0.323 e. The summed E-state index contributed by atoms with van der Waals surface area (Å²) in [6, 6.07) is 0.423. The lowest BCUT2D eigenvalue weighted by molar-refractivity contribution is -0.380. The Morgan fingerprint density at radius 1 is 0.587 bits per heavy atom. The van der Waals surface area contributed by atoms with Crippen molar-refractivity contribution in [3.8, 4) is 6.01 Å². The van der Waals surface area contributed by atoms with Crippen molar-refractivity contribution in [1.82, 2.24) is 15.0 Å². The van der Waals surface area contributed by atoms with E-state index in [1.54, 1.807) is 0 Å². The van der Waals surface area contributed by atoms with Crippen LogP contribution in [0.5, 0.6) is 6.01 Å². The molecular weight excluding hydrogens is 578 g/mol. The van der Waals surface area contributed by atoms with E-state index in [0.29, 0.717) is 31.8 Å². The van der Waals surface area contributed by atoms with Crippen molar-refractivity contribution in [3.05, 3.63) is 0 Å². The summed E-state index contributed by atoms with van der Waals surface area (Å²) in [7, 11) is 0. The minimum atomic E-state index is -0.856. The Balaban J connectivity index is 2.41. The van der Waals surface area contributed by atoms with Gasteiger partial charge in [-0.25, -0.2) is 0 Å². The summed E-state index contributed by atoms with van der Waals surface area (Å²) in [6.07, 6.45) is 23.0. The molecule has 0 spiro atoms. The van der Waals surface area contributed by atoms with E-state index in [1.807, 2.05) is 34.6 Å². The van der Waals surface area contributed by atoms with Crippen LogP contribution in [0.3, 0.4) is 0 Å². The highest BCUT2D eigenvalue weighted by Gasteiger charge is 2.31. The number of hydrogen-bond acceptors (Lipinski definition) is 9. The molecule has 270 valence electrons. The molecule has 1 N–H and O–H groups in total. The van der Waals surface area contributed by atoms with Crippen LogP contribution in [0.4, 0.5) is 11.9 Å². The van der Waals surface area contributed by atoms with Gasteiger partial charge in [0.2, 0.25) is 11.9 Å². The molecule has 9 nitrogen and oxygen atoms in total. The normalized spacial score (nSPS) is 11.8. The van der Waals surface area contributed by atoms with Gasteiger partial charge in [-0.15, -0.1) is 0 Å². The first kappa shape index (κ1) is 42.3. The van der Waals surface area contributed by atoms with E-state index >= 15 is 0 Å². The van der Waals surface area contributed by atoms with Crippen LogP contribution in [0.1, 0.15) is 170 Å². The van der Waals surface area contributed by atoms with Gasteiger partial charge in [-0.3, -0.25) is 0 Å². The van der Waals surface area contributed by atoms with Gasteiger partial charge in [0, 0.05) is 45.9 Å². The van der Waals surface area contributed by atoms with Gasteiger partial charge >= 0.3 is 6.01 Å². The van der Waals surface area contributed by atoms with E-state index in [1.165, 1.54) is 89.9 Å². The van der Waals surface area contributed by atoms with Crippen LogP contribution in [0.15, 0.2) is 0 Å². The predicted molar refractivity (Wildman–Crippen MR) is 193 cm³/mol. The molecule has 0 unspecified atom stereocenters. The van der Waals surface area contributed by atoms with Crippen LogP contribution in [-0.2, 0) is 14.2 Å². The summed E-state index contributed by atoms with van der Waals surface area (Å²) in [5, 5.41) is 3.48. The van der Waals surface area contributed by atoms with Crippen molar-refractivity contribution in [2.75, 3.05) is 49.7 Å². The topological polar surface area (TPSA) is 90.9 Å². The highest BCUT2D eigenvalue weighted by molar-refractivity contribution is 5.38. The first-order valence-electron chi connectivity index (χ1n) is 19.3. The molecule has 9 heteroatoms. The molecule has 0 bridgehead atoms. The van der Waals surface area contributed by atoms with Crippen molar-refractivity contribution in [1.29, 1.82) is 0 Å². The minimum absolute atomic E-state index is 0.0197. The molecular formula is C37H73N5O4. The Morgan fingerprint density at radius 2 is 1.07 bits per heavy atom. The van der Waals surface area contributed by atoms with Crippen LogP contribution in [-0.4, -0.2) is 66.5 Å². The molecule has 1 aromatic rings. The zero-order valence-corrected chi connectivity index (χ0v) is 31.2. The fourth-order valence-electron chi connectivity index (χ4n) is 5.68. The van der Waals surface area contributed by atoms with E-state index in [-0.39, 0.29) is 6.10 Å². The molecule has 0 fully saturated rings. The van der Waals surface area contributed by atoms with Crippen molar-refractivity contribution >= 4 is 11.9 Å². The number of aromatic nitrogens is 3. The van der Waals surface area contributed by atoms with Gasteiger partial charge in [-0.05, 0) is 60.3 Å². The Bertz CT molecular complexity index is 800. The standard InChI is InChI=1S/C37H73N5O4/c1-8-13-15-27-31-42(32-28-16-14-9-2)35-39-34(40-36(41-35)46-33(6)7)38-30-26-24-22-20-18-17-19-21-23-25-29-37(43-10-3,44-11-4)45-12-5/h33H,8-32H2,1-7H3,(H,38,39,40,41). The fourth-order valence-corrected chi connectivity index (χ4v) is 5.68. The van der Waals surface area contributed by atoms with Crippen molar-refractivity contribution < 1.29 is 18.9 Å². The zero-order valence-electron chi connectivity index (χ0n) is 31.2. The molecule has 0 saturated heterocycles. The average molecular weight is 652 g/mol. The molecule has 1 heterocycles. The predicted octanol–water partition coefficient (Wildman–Crippen LogP) is 10.1. The second kappa shape index (κ2) is 28.3. The lowest BCUT2D eigenvalue weighted by Gasteiger charge is -2.32. The summed E-state index contributed by atoms with van der Waals surface area (Å²) < 4.78 is 23.5. The Labute approximate surface area is 283 Å². The number of nitrogens with zero attached hydrogens (tertiary/aromatic N) is 4. The molecule has 1 rings (SSSR count). The third-order valence-electron chi connectivity index (χ3n) is 8.08. The molecule has 46 heavy (non-hydrogen) atoms. The molecule has 0 saturated carbocycles. The zero-order chi connectivity index (χ0) is 33.7. The summed E-state index contributed by atoms with van der Waals surface area (Å²) >= 11 is 0. The quantitative estimate of drug-likeness (QED) is 0.0589. The van der Waals surface area contributed by atoms with E-state index in [0.717, 1.165) is 57.7 Å². The SMILES string of the molecule is CCCCCCN(CCCCCC)c1nc(NCCCCCCCCCCCCC(OCC)(OCC)OCC)nc(OC(C)C)n1. The van der Waals surface area contributed by atoms with Gasteiger partial charge in [-0.1, -0.05) is 104 Å². The third-order valence-corrected chi connectivity index (χ3v) is 8.08. The summed E-state index contributed by atoms with van der Waals surface area (Å²) in [4.78, 5) is 16.5. The van der Waals surface area contributed by atoms with Gasteiger partial charge in [0.15, 0.2) is 0 Å². The van der Waals surface area contributed by atoms with E-state index in [9.17, 15) is 0 Å². The Kier molecular flexibility index (Phi) is 26.0. The van der Waals surface area contributed by atoms with Crippen molar-refractivity contribution in [2.45, 2.75) is 183 Å². The van der Waals surface area contributed by atoms with E-state index in [4.69, 9.17) is 28.9 Å². The van der Waals surface area contributed by atoms with Crippen molar-refractivity contribution in [3.63, 3.8) is 0 Å². The van der Waals surface area contributed by atoms with E-state index < -0.39 is 5.97 Å². The molecule has 1 aromatic heterocycles. The van der Waals surface area contributed by atoms with Gasteiger partial charge in [0.05, 0.1) is 6.10 Å². The molecule has 0 radical (unpaired) electrons. The maximum atomic E-state index is 5.94. The lowest BCUT2D eigenvalue weighted by Crippen LogP contribution is -2.39.